The third-order valence-electron chi connectivity index (χ3n) is 4.06. The maximum Gasteiger partial charge on any atom is 0.340 e. The van der Waals surface area contributed by atoms with Gasteiger partial charge in [0.05, 0.1) is 20.7 Å². The standard InChI is InChI=1S/C14H20F2O2Si/c1-5-19(6-2,7-3)13-11(15)9-8-10(12(13)16)14(17)18-4/h8-9H,5-7H2,1-4H3. The SMILES string of the molecule is CC[Si](CC)(CC)c1c(F)ccc(C(=O)OC)c1F. The maximum atomic E-state index is 14.5. The van der Waals surface area contributed by atoms with Crippen LogP contribution in [0.1, 0.15) is 31.1 Å². The first kappa shape index (κ1) is 15.8. The fourth-order valence-corrected chi connectivity index (χ4v) is 6.34. The van der Waals surface area contributed by atoms with Gasteiger partial charge in [-0.05, 0) is 12.1 Å². The number of halogens is 2. The summed E-state index contributed by atoms with van der Waals surface area (Å²) >= 11 is 0. The molecule has 0 aromatic heterocycles. The van der Waals surface area contributed by atoms with Crippen LogP contribution in [-0.4, -0.2) is 21.2 Å². The second-order valence-corrected chi connectivity index (χ2v) is 9.80. The van der Waals surface area contributed by atoms with Gasteiger partial charge in [-0.2, -0.15) is 0 Å². The molecule has 0 spiro atoms. The highest BCUT2D eigenvalue weighted by Gasteiger charge is 2.36. The lowest BCUT2D eigenvalue weighted by molar-refractivity contribution is 0.0595. The first-order valence-electron chi connectivity index (χ1n) is 6.54. The van der Waals surface area contributed by atoms with Gasteiger partial charge in [-0.15, -0.1) is 0 Å². The van der Waals surface area contributed by atoms with Crippen molar-refractivity contribution < 1.29 is 18.3 Å². The van der Waals surface area contributed by atoms with Crippen molar-refractivity contribution in [1.82, 2.24) is 0 Å². The molecule has 106 valence electrons. The van der Waals surface area contributed by atoms with Crippen molar-refractivity contribution in [3.8, 4) is 0 Å². The molecule has 0 heterocycles. The molecular weight excluding hydrogens is 266 g/mol. The Morgan fingerprint density at radius 3 is 2.11 bits per heavy atom. The fraction of sp³-hybridized carbons (Fsp3) is 0.500. The molecule has 2 nitrogen and oxygen atoms in total. The van der Waals surface area contributed by atoms with E-state index in [2.05, 4.69) is 4.74 Å². The van der Waals surface area contributed by atoms with Gasteiger partial charge in [0.2, 0.25) is 0 Å². The van der Waals surface area contributed by atoms with Crippen LogP contribution in [0, 0.1) is 11.6 Å². The molecule has 0 aliphatic rings. The third-order valence-corrected chi connectivity index (χ3v) is 9.64. The highest BCUT2D eigenvalue weighted by Crippen LogP contribution is 2.24. The number of benzene rings is 1. The molecule has 5 heteroatoms. The first-order valence-corrected chi connectivity index (χ1v) is 9.16. The van der Waals surface area contributed by atoms with Gasteiger partial charge in [-0.25, -0.2) is 13.6 Å². The van der Waals surface area contributed by atoms with E-state index in [4.69, 9.17) is 0 Å². The van der Waals surface area contributed by atoms with Crippen LogP contribution in [0.3, 0.4) is 0 Å². The number of hydrogen-bond donors (Lipinski definition) is 0. The molecule has 0 aliphatic heterocycles. The van der Waals surface area contributed by atoms with Crippen molar-refractivity contribution in [2.24, 2.45) is 0 Å². The molecule has 0 saturated heterocycles. The summed E-state index contributed by atoms with van der Waals surface area (Å²) in [5.41, 5.74) is -0.175. The predicted octanol–water partition coefficient (Wildman–Crippen LogP) is 3.47. The topological polar surface area (TPSA) is 26.3 Å². The molecule has 0 N–H and O–H groups in total. The molecule has 0 saturated carbocycles. The van der Waals surface area contributed by atoms with E-state index in [9.17, 15) is 13.6 Å². The van der Waals surface area contributed by atoms with E-state index in [-0.39, 0.29) is 10.8 Å². The zero-order valence-electron chi connectivity index (χ0n) is 11.8. The molecular formula is C14H20F2O2Si. The Kier molecular flexibility index (Phi) is 5.23. The van der Waals surface area contributed by atoms with Gasteiger partial charge in [-0.1, -0.05) is 38.9 Å². The number of ether oxygens (including phenoxy) is 1. The van der Waals surface area contributed by atoms with Gasteiger partial charge < -0.3 is 4.74 Å². The zero-order valence-corrected chi connectivity index (χ0v) is 12.8. The van der Waals surface area contributed by atoms with Crippen molar-refractivity contribution in [3.63, 3.8) is 0 Å². The lowest BCUT2D eigenvalue weighted by atomic mass is 10.2. The fourth-order valence-electron chi connectivity index (χ4n) is 2.59. The maximum absolute atomic E-state index is 14.5. The Hall–Kier alpha value is -1.23. The number of rotatable bonds is 5. The summed E-state index contributed by atoms with van der Waals surface area (Å²) in [7, 11) is -1.04. The lowest BCUT2D eigenvalue weighted by Gasteiger charge is -2.29. The molecule has 0 atom stereocenters. The molecule has 0 bridgehead atoms. The van der Waals surface area contributed by atoms with Gasteiger partial charge >= 0.3 is 5.97 Å². The van der Waals surface area contributed by atoms with Crippen LogP contribution in [0.2, 0.25) is 18.1 Å². The molecule has 0 aliphatic carbocycles. The second kappa shape index (κ2) is 6.28. The number of hydrogen-bond acceptors (Lipinski definition) is 2. The molecule has 0 radical (unpaired) electrons. The first-order chi connectivity index (χ1) is 8.97. The molecule has 1 aromatic rings. The van der Waals surface area contributed by atoms with Crippen LogP contribution in [0.25, 0.3) is 0 Å². The van der Waals surface area contributed by atoms with Crippen molar-refractivity contribution in [2.45, 2.75) is 38.9 Å². The summed E-state index contributed by atoms with van der Waals surface area (Å²) in [4.78, 5) is 11.5. The Bertz CT molecular complexity index is 462. The average Bonchev–Trinajstić information content (AvgIpc) is 2.43. The van der Waals surface area contributed by atoms with E-state index in [1.54, 1.807) is 0 Å². The number of carbonyl (C=O) groups excluding carboxylic acids is 1. The van der Waals surface area contributed by atoms with E-state index in [1.165, 1.54) is 13.2 Å². The van der Waals surface area contributed by atoms with E-state index in [1.807, 2.05) is 20.8 Å². The van der Waals surface area contributed by atoms with Crippen LogP contribution in [-0.2, 0) is 4.74 Å². The average molecular weight is 286 g/mol. The van der Waals surface area contributed by atoms with Crippen LogP contribution < -0.4 is 5.19 Å². The highest BCUT2D eigenvalue weighted by molar-refractivity contribution is 6.91. The minimum Gasteiger partial charge on any atom is -0.465 e. The predicted molar refractivity (Wildman–Crippen MR) is 74.5 cm³/mol. The van der Waals surface area contributed by atoms with E-state index in [0.29, 0.717) is 0 Å². The molecule has 0 amide bonds. The van der Waals surface area contributed by atoms with Crippen molar-refractivity contribution in [2.75, 3.05) is 7.11 Å². The van der Waals surface area contributed by atoms with E-state index in [0.717, 1.165) is 24.2 Å². The summed E-state index contributed by atoms with van der Waals surface area (Å²) in [6, 6.07) is 4.57. The molecule has 1 aromatic carbocycles. The highest BCUT2D eigenvalue weighted by atomic mass is 28.3. The molecule has 1 rings (SSSR count). The Morgan fingerprint density at radius 2 is 1.68 bits per heavy atom. The normalized spacial score (nSPS) is 11.5. The number of methoxy groups -OCH3 is 1. The Morgan fingerprint density at radius 1 is 1.16 bits per heavy atom. The summed E-state index contributed by atoms with van der Waals surface area (Å²) in [6.45, 7) is 5.88. The van der Waals surface area contributed by atoms with Gasteiger partial charge in [0.1, 0.15) is 11.6 Å². The van der Waals surface area contributed by atoms with E-state index >= 15 is 0 Å². The third kappa shape index (κ3) is 2.70. The summed E-state index contributed by atoms with van der Waals surface area (Å²) < 4.78 is 33.2. The quantitative estimate of drug-likeness (QED) is 0.612. The number of esters is 1. The minimum absolute atomic E-state index is 0.142. The largest absolute Gasteiger partial charge is 0.465 e. The van der Waals surface area contributed by atoms with Gasteiger partial charge in [0.25, 0.3) is 0 Å². The van der Waals surface area contributed by atoms with Gasteiger partial charge in [-0.3, -0.25) is 0 Å². The second-order valence-electron chi connectivity index (χ2n) is 4.62. The summed E-state index contributed by atoms with van der Waals surface area (Å²) in [5.74, 6) is -2.03. The molecule has 0 unspecified atom stereocenters. The summed E-state index contributed by atoms with van der Waals surface area (Å²) in [5, 5.41) is 0.142. The molecule has 0 fully saturated rings. The monoisotopic (exact) mass is 286 g/mol. The summed E-state index contributed by atoms with van der Waals surface area (Å²) in [6.07, 6.45) is 0. The van der Waals surface area contributed by atoms with Crippen molar-refractivity contribution in [1.29, 1.82) is 0 Å². The van der Waals surface area contributed by atoms with Crippen LogP contribution in [0.5, 0.6) is 0 Å². The van der Waals surface area contributed by atoms with Gasteiger partial charge in [0, 0.05) is 5.19 Å². The van der Waals surface area contributed by atoms with Crippen LogP contribution in [0.15, 0.2) is 12.1 Å². The lowest BCUT2D eigenvalue weighted by Crippen LogP contribution is -2.50. The Labute approximate surface area is 113 Å². The van der Waals surface area contributed by atoms with Crippen molar-refractivity contribution in [3.05, 3.63) is 29.3 Å². The minimum atomic E-state index is -2.23. The van der Waals surface area contributed by atoms with Crippen molar-refractivity contribution >= 4 is 19.2 Å². The van der Waals surface area contributed by atoms with Crippen LogP contribution in [0.4, 0.5) is 8.78 Å². The van der Waals surface area contributed by atoms with Gasteiger partial charge in [0.15, 0.2) is 0 Å². The van der Waals surface area contributed by atoms with Crippen LogP contribution >= 0.6 is 0 Å². The Balaban J connectivity index is 3.54. The smallest absolute Gasteiger partial charge is 0.340 e. The number of carbonyl (C=O) groups is 1. The molecule has 19 heavy (non-hydrogen) atoms. The zero-order chi connectivity index (χ0) is 14.6. The van der Waals surface area contributed by atoms with E-state index < -0.39 is 25.7 Å².